The van der Waals surface area contributed by atoms with Gasteiger partial charge in [-0.3, -0.25) is 4.79 Å². The maximum absolute atomic E-state index is 13.3. The second-order valence-electron chi connectivity index (χ2n) is 23.9. The number of hydrogen-bond donors (Lipinski definition) is 12. The van der Waals surface area contributed by atoms with Gasteiger partial charge in [0.1, 0.15) is 73.2 Å². The molecular weight excluding hydrogens is 1080 g/mol. The van der Waals surface area contributed by atoms with Crippen molar-refractivity contribution < 1.29 is 89.4 Å². The Bertz CT molecular complexity index is 1670. The third kappa shape index (κ3) is 30.5. The number of nitrogens with one attached hydrogen (secondary N) is 1. The van der Waals surface area contributed by atoms with Crippen molar-refractivity contribution in [1.82, 2.24) is 5.32 Å². The Morgan fingerprint density at radius 2 is 0.762 bits per heavy atom. The first-order chi connectivity index (χ1) is 40.8. The fourth-order valence-electron chi connectivity index (χ4n) is 11.2. The van der Waals surface area contributed by atoms with Crippen LogP contribution in [0.3, 0.4) is 0 Å². The second kappa shape index (κ2) is 47.9. The van der Waals surface area contributed by atoms with Crippen LogP contribution >= 0.6 is 0 Å². The van der Waals surface area contributed by atoms with Crippen LogP contribution in [0, 0.1) is 0 Å². The molecule has 3 rings (SSSR count). The topological polar surface area (TPSA) is 307 Å². The van der Waals surface area contributed by atoms with Gasteiger partial charge in [-0.05, 0) is 38.5 Å². The number of carbonyl (C=O) groups excluding carboxylic acids is 1. The van der Waals surface area contributed by atoms with Crippen molar-refractivity contribution in [2.45, 2.75) is 343 Å². The lowest BCUT2D eigenvalue weighted by Crippen LogP contribution is -2.66. The lowest BCUT2D eigenvalue weighted by Gasteiger charge is -2.48. The molecule has 0 aliphatic carbocycles. The number of hydrogen-bond acceptors (Lipinski definition) is 18. The summed E-state index contributed by atoms with van der Waals surface area (Å²) in [7, 11) is 0. The molecule has 3 saturated heterocycles. The molecule has 17 unspecified atom stereocenters. The first kappa shape index (κ1) is 76.3. The lowest BCUT2D eigenvalue weighted by molar-refractivity contribution is -0.379. The van der Waals surface area contributed by atoms with E-state index >= 15 is 0 Å². The molecule has 3 fully saturated rings. The van der Waals surface area contributed by atoms with Crippen molar-refractivity contribution in [1.29, 1.82) is 0 Å². The Hall–Kier alpha value is -1.99. The number of allylic oxidation sites excluding steroid dienone is 5. The maximum Gasteiger partial charge on any atom is 0.220 e. The van der Waals surface area contributed by atoms with Gasteiger partial charge in [-0.2, -0.15) is 0 Å². The fourth-order valence-corrected chi connectivity index (χ4v) is 11.2. The molecular formula is C65H119NO18. The van der Waals surface area contributed by atoms with Gasteiger partial charge in [0, 0.05) is 6.42 Å². The SMILES string of the molecule is CCCC/C=C/CC/C=C/CC/C=C/C(O)C(COC1OC(CO)C(OC2OC(CO)C(OC3OC(CO)C(O)C(O)C3O)C(O)C2O)C(O)C1O)NC(=O)CCCCCCCCCCCCCCCCCCCCCCCCCCCCC. The highest BCUT2D eigenvalue weighted by Crippen LogP contribution is 2.33. The van der Waals surface area contributed by atoms with Gasteiger partial charge in [0.05, 0.1) is 38.6 Å². The zero-order valence-corrected chi connectivity index (χ0v) is 51.6. The molecule has 0 spiro atoms. The summed E-state index contributed by atoms with van der Waals surface area (Å²) >= 11 is 0. The Morgan fingerprint density at radius 1 is 0.417 bits per heavy atom. The Balaban J connectivity index is 1.40. The molecule has 3 heterocycles. The largest absolute Gasteiger partial charge is 0.394 e. The van der Waals surface area contributed by atoms with E-state index in [1.807, 2.05) is 6.08 Å². The van der Waals surface area contributed by atoms with Gasteiger partial charge in [0.25, 0.3) is 0 Å². The predicted octanol–water partition coefficient (Wildman–Crippen LogP) is 7.66. The molecule has 0 aromatic heterocycles. The minimum absolute atomic E-state index is 0.235. The van der Waals surface area contributed by atoms with Crippen LogP contribution in [0.25, 0.3) is 0 Å². The third-order valence-corrected chi connectivity index (χ3v) is 16.7. The third-order valence-electron chi connectivity index (χ3n) is 16.7. The lowest BCUT2D eigenvalue weighted by atomic mass is 9.96. The molecule has 0 aromatic rings. The Labute approximate surface area is 504 Å². The van der Waals surface area contributed by atoms with Crippen molar-refractivity contribution in [2.75, 3.05) is 26.4 Å². The fraction of sp³-hybridized carbons (Fsp3) is 0.892. The number of aliphatic hydroxyl groups is 11. The minimum atomic E-state index is -1.98. The molecule has 3 aliphatic rings. The Kier molecular flexibility index (Phi) is 43.5. The quantitative estimate of drug-likeness (QED) is 0.0205. The smallest absolute Gasteiger partial charge is 0.220 e. The van der Waals surface area contributed by atoms with Crippen LogP contribution in [0.2, 0.25) is 0 Å². The second-order valence-corrected chi connectivity index (χ2v) is 23.9. The van der Waals surface area contributed by atoms with E-state index in [9.17, 15) is 61.0 Å². The first-order valence-corrected chi connectivity index (χ1v) is 33.2. The molecule has 0 saturated carbocycles. The van der Waals surface area contributed by atoms with Crippen LogP contribution in [0.15, 0.2) is 36.5 Å². The van der Waals surface area contributed by atoms with Crippen molar-refractivity contribution in [3.8, 4) is 0 Å². The number of amides is 1. The summed E-state index contributed by atoms with van der Waals surface area (Å²) in [4.78, 5) is 13.3. The van der Waals surface area contributed by atoms with Crippen LogP contribution in [-0.4, -0.2) is 193 Å². The van der Waals surface area contributed by atoms with E-state index in [1.54, 1.807) is 6.08 Å². The van der Waals surface area contributed by atoms with Crippen molar-refractivity contribution in [3.63, 3.8) is 0 Å². The van der Waals surface area contributed by atoms with Gasteiger partial charge in [0.15, 0.2) is 18.9 Å². The molecule has 12 N–H and O–H groups in total. The van der Waals surface area contributed by atoms with Gasteiger partial charge in [0.2, 0.25) is 5.91 Å². The summed E-state index contributed by atoms with van der Waals surface area (Å²) in [5, 5.41) is 120. The first-order valence-electron chi connectivity index (χ1n) is 33.2. The van der Waals surface area contributed by atoms with Gasteiger partial charge < -0.3 is 89.9 Å². The van der Waals surface area contributed by atoms with E-state index < -0.39 is 124 Å². The van der Waals surface area contributed by atoms with Crippen LogP contribution < -0.4 is 5.32 Å². The standard InChI is InChI=1S/C65H119NO18/c1-3-5-7-9-11-13-15-17-18-19-20-21-22-23-24-25-26-27-28-29-30-31-33-35-37-39-41-43-53(71)66-48(49(70)42-40-38-36-34-32-16-14-12-10-8-6-4-2)47-79-63-59(77)56(74)61(51(45-68)81-63)84-65-60(78)57(75)62(52(46-69)82-65)83-64-58(76)55(73)54(72)50(44-67)80-64/h10,12,32,34,40,42,48-52,54-65,67-70,72-78H,3-9,11,13-31,33,35-39,41,43-47H2,1-2H3,(H,66,71)/b12-10+,34-32+,42-40+. The van der Waals surface area contributed by atoms with Gasteiger partial charge in [-0.1, -0.05) is 230 Å². The van der Waals surface area contributed by atoms with E-state index in [0.717, 1.165) is 44.9 Å². The molecule has 1 amide bonds. The van der Waals surface area contributed by atoms with Gasteiger partial charge in [-0.25, -0.2) is 0 Å². The number of rotatable bonds is 50. The minimum Gasteiger partial charge on any atom is -0.394 e. The molecule has 19 nitrogen and oxygen atoms in total. The van der Waals surface area contributed by atoms with Gasteiger partial charge in [-0.15, -0.1) is 0 Å². The highest BCUT2D eigenvalue weighted by Gasteiger charge is 2.53. The molecule has 19 heteroatoms. The molecule has 17 atom stereocenters. The highest BCUT2D eigenvalue weighted by atomic mass is 16.8. The van der Waals surface area contributed by atoms with Crippen LogP contribution in [0.5, 0.6) is 0 Å². The Morgan fingerprint density at radius 3 is 1.18 bits per heavy atom. The predicted molar refractivity (Wildman–Crippen MR) is 323 cm³/mol. The van der Waals surface area contributed by atoms with Gasteiger partial charge >= 0.3 is 0 Å². The van der Waals surface area contributed by atoms with Crippen LogP contribution in [0.4, 0.5) is 0 Å². The summed E-state index contributed by atoms with van der Waals surface area (Å²) in [6.07, 6.45) is 27.2. The van der Waals surface area contributed by atoms with Crippen LogP contribution in [-0.2, 0) is 33.2 Å². The van der Waals surface area contributed by atoms with Crippen molar-refractivity contribution >= 4 is 5.91 Å². The van der Waals surface area contributed by atoms with E-state index in [-0.39, 0.29) is 18.9 Å². The average molecular weight is 1200 g/mol. The van der Waals surface area contributed by atoms with E-state index in [0.29, 0.717) is 12.8 Å². The number of ether oxygens (including phenoxy) is 6. The number of unbranched alkanes of at least 4 members (excludes halogenated alkanes) is 30. The molecule has 3 aliphatic heterocycles. The molecule has 0 radical (unpaired) electrons. The normalized spacial score (nSPS) is 29.4. The zero-order valence-electron chi connectivity index (χ0n) is 51.6. The van der Waals surface area contributed by atoms with Crippen molar-refractivity contribution in [3.05, 3.63) is 36.5 Å². The summed E-state index contributed by atoms with van der Waals surface area (Å²) in [5.41, 5.74) is 0. The zero-order chi connectivity index (χ0) is 61.2. The summed E-state index contributed by atoms with van der Waals surface area (Å²) in [6.45, 7) is 1.66. The molecule has 0 aromatic carbocycles. The molecule has 492 valence electrons. The molecule has 84 heavy (non-hydrogen) atoms. The van der Waals surface area contributed by atoms with E-state index in [2.05, 4.69) is 43.5 Å². The summed E-state index contributed by atoms with van der Waals surface area (Å²) in [6, 6.07) is -0.993. The van der Waals surface area contributed by atoms with E-state index in [1.165, 1.54) is 161 Å². The monoisotopic (exact) mass is 1200 g/mol. The highest BCUT2D eigenvalue weighted by molar-refractivity contribution is 5.76. The summed E-state index contributed by atoms with van der Waals surface area (Å²) in [5.74, 6) is -0.288. The number of aliphatic hydroxyl groups excluding tert-OH is 11. The van der Waals surface area contributed by atoms with Crippen molar-refractivity contribution in [2.24, 2.45) is 0 Å². The van der Waals surface area contributed by atoms with E-state index in [4.69, 9.17) is 28.4 Å². The molecule has 0 bridgehead atoms. The summed E-state index contributed by atoms with van der Waals surface area (Å²) < 4.78 is 34.2. The maximum atomic E-state index is 13.3. The van der Waals surface area contributed by atoms with Crippen LogP contribution in [0.1, 0.15) is 239 Å². The number of carbonyl (C=O) groups is 1. The average Bonchev–Trinajstić information content (AvgIpc) is 2.85.